The van der Waals surface area contributed by atoms with E-state index in [0.717, 1.165) is 4.52 Å². The molecular formula is C10H8F3N7. The second-order valence-corrected chi connectivity index (χ2v) is 4.04. The van der Waals surface area contributed by atoms with Crippen LogP contribution in [0.5, 0.6) is 0 Å². The van der Waals surface area contributed by atoms with Gasteiger partial charge in [-0.25, -0.2) is 4.98 Å². The first-order chi connectivity index (χ1) is 9.43. The third-order valence-electron chi connectivity index (χ3n) is 2.46. The largest absolute Gasteiger partial charge is 0.453 e. The fourth-order valence-corrected chi connectivity index (χ4v) is 1.66. The van der Waals surface area contributed by atoms with Gasteiger partial charge in [0.25, 0.3) is 11.6 Å². The first kappa shape index (κ1) is 12.4. The lowest BCUT2D eigenvalue weighted by molar-refractivity contribution is -0.144. The van der Waals surface area contributed by atoms with Crippen LogP contribution < -0.4 is 5.32 Å². The van der Waals surface area contributed by atoms with Crippen molar-refractivity contribution in [1.29, 1.82) is 0 Å². The number of H-pyrrole nitrogens is 1. The number of hydrogen-bond donors (Lipinski definition) is 2. The van der Waals surface area contributed by atoms with Gasteiger partial charge in [-0.2, -0.15) is 27.8 Å². The van der Waals surface area contributed by atoms with Crippen molar-refractivity contribution in [1.82, 2.24) is 29.8 Å². The second kappa shape index (κ2) is 4.18. The highest BCUT2D eigenvalue weighted by Gasteiger charge is 2.36. The summed E-state index contributed by atoms with van der Waals surface area (Å²) in [5.74, 6) is -1.04. The van der Waals surface area contributed by atoms with Crippen LogP contribution in [0.15, 0.2) is 18.5 Å². The molecule has 0 aliphatic carbocycles. The molecule has 0 fully saturated rings. The Bertz CT molecular complexity index is 744. The summed E-state index contributed by atoms with van der Waals surface area (Å²) in [4.78, 5) is 7.31. The van der Waals surface area contributed by atoms with E-state index in [0.29, 0.717) is 17.2 Å². The third-order valence-corrected chi connectivity index (χ3v) is 2.46. The first-order valence-corrected chi connectivity index (χ1v) is 5.51. The fourth-order valence-electron chi connectivity index (χ4n) is 1.66. The van der Waals surface area contributed by atoms with Crippen LogP contribution in [0.2, 0.25) is 0 Å². The van der Waals surface area contributed by atoms with Crippen molar-refractivity contribution in [3.63, 3.8) is 0 Å². The number of nitrogens with one attached hydrogen (secondary N) is 2. The van der Waals surface area contributed by atoms with Crippen molar-refractivity contribution in [3.05, 3.63) is 30.0 Å². The monoisotopic (exact) mass is 283 g/mol. The molecule has 0 bridgehead atoms. The zero-order valence-corrected chi connectivity index (χ0v) is 10.1. The lowest BCUT2D eigenvalue weighted by Gasteiger charge is -2.05. The number of alkyl halides is 3. The molecule has 3 aromatic heterocycles. The van der Waals surface area contributed by atoms with Gasteiger partial charge in [0.15, 0.2) is 0 Å². The van der Waals surface area contributed by atoms with Crippen LogP contribution in [0.3, 0.4) is 0 Å². The SMILES string of the molecule is Cc1cc(Nc2cn[nH]c2)n2nc(C(F)(F)F)nc2n1. The minimum absolute atomic E-state index is 0.122. The maximum atomic E-state index is 12.6. The molecule has 0 saturated carbocycles. The van der Waals surface area contributed by atoms with E-state index in [1.165, 1.54) is 6.20 Å². The lowest BCUT2D eigenvalue weighted by Crippen LogP contribution is -2.08. The Hall–Kier alpha value is -2.65. The molecule has 3 rings (SSSR count). The van der Waals surface area contributed by atoms with Gasteiger partial charge in [-0.05, 0) is 6.92 Å². The fraction of sp³-hybridized carbons (Fsp3) is 0.200. The van der Waals surface area contributed by atoms with E-state index in [-0.39, 0.29) is 5.78 Å². The van der Waals surface area contributed by atoms with Gasteiger partial charge >= 0.3 is 6.18 Å². The van der Waals surface area contributed by atoms with E-state index in [1.807, 2.05) is 0 Å². The number of aryl methyl sites for hydroxylation is 1. The molecule has 20 heavy (non-hydrogen) atoms. The Labute approximate surface area is 109 Å². The summed E-state index contributed by atoms with van der Waals surface area (Å²) in [6, 6.07) is 1.56. The highest BCUT2D eigenvalue weighted by molar-refractivity contribution is 5.57. The number of anilines is 2. The van der Waals surface area contributed by atoms with Crippen molar-refractivity contribution < 1.29 is 13.2 Å². The molecule has 0 aliphatic heterocycles. The van der Waals surface area contributed by atoms with Gasteiger partial charge in [-0.1, -0.05) is 0 Å². The number of rotatable bonds is 2. The zero-order chi connectivity index (χ0) is 14.3. The Balaban J connectivity index is 2.13. The van der Waals surface area contributed by atoms with Crippen molar-refractivity contribution in [2.45, 2.75) is 13.1 Å². The summed E-state index contributed by atoms with van der Waals surface area (Å²) in [5, 5.41) is 12.6. The van der Waals surface area contributed by atoms with Crippen molar-refractivity contribution in [3.8, 4) is 0 Å². The Morgan fingerprint density at radius 3 is 2.75 bits per heavy atom. The minimum Gasteiger partial charge on any atom is -0.337 e. The van der Waals surface area contributed by atoms with Gasteiger partial charge in [-0.3, -0.25) is 5.10 Å². The molecule has 0 radical (unpaired) electrons. The molecule has 104 valence electrons. The number of hydrogen-bond acceptors (Lipinski definition) is 5. The summed E-state index contributed by atoms with van der Waals surface area (Å²) in [7, 11) is 0. The van der Waals surface area contributed by atoms with Gasteiger partial charge in [-0.15, -0.1) is 5.10 Å². The van der Waals surface area contributed by atoms with Crippen LogP contribution in [0.25, 0.3) is 5.78 Å². The second-order valence-electron chi connectivity index (χ2n) is 4.04. The van der Waals surface area contributed by atoms with Crippen LogP contribution in [-0.2, 0) is 6.18 Å². The quantitative estimate of drug-likeness (QED) is 0.750. The van der Waals surface area contributed by atoms with Gasteiger partial charge in [0.05, 0.1) is 11.9 Å². The van der Waals surface area contributed by atoms with Crippen LogP contribution in [-0.4, -0.2) is 29.8 Å². The molecule has 3 aromatic rings. The predicted molar refractivity (Wildman–Crippen MR) is 62.4 cm³/mol. The maximum Gasteiger partial charge on any atom is 0.453 e. The van der Waals surface area contributed by atoms with Gasteiger partial charge in [0.1, 0.15) is 5.82 Å². The van der Waals surface area contributed by atoms with Gasteiger partial charge < -0.3 is 5.32 Å². The van der Waals surface area contributed by atoms with Crippen LogP contribution >= 0.6 is 0 Å². The van der Waals surface area contributed by atoms with Gasteiger partial charge in [0.2, 0.25) is 0 Å². The van der Waals surface area contributed by atoms with E-state index >= 15 is 0 Å². The van der Waals surface area contributed by atoms with E-state index in [9.17, 15) is 13.2 Å². The van der Waals surface area contributed by atoms with Crippen LogP contribution in [0.1, 0.15) is 11.5 Å². The standard InChI is InChI=1S/C10H8F3N7/c1-5-2-7(17-6-3-14-15-4-6)20-9(16-5)18-8(19-20)10(11,12)13/h2-4,17H,1H3,(H,14,15). The average molecular weight is 283 g/mol. The Morgan fingerprint density at radius 1 is 1.30 bits per heavy atom. The molecule has 0 amide bonds. The van der Waals surface area contributed by atoms with E-state index < -0.39 is 12.0 Å². The minimum atomic E-state index is -4.62. The summed E-state index contributed by atoms with van der Waals surface area (Å²) in [5.41, 5.74) is 1.10. The molecule has 10 heteroatoms. The number of aromatic amines is 1. The third kappa shape index (κ3) is 2.15. The molecule has 0 aromatic carbocycles. The predicted octanol–water partition coefficient (Wildman–Crippen LogP) is 1.92. The molecule has 7 nitrogen and oxygen atoms in total. The molecule has 0 atom stereocenters. The molecule has 0 unspecified atom stereocenters. The summed E-state index contributed by atoms with van der Waals surface area (Å²) in [6.45, 7) is 1.66. The highest BCUT2D eigenvalue weighted by atomic mass is 19.4. The first-order valence-electron chi connectivity index (χ1n) is 5.51. The maximum absolute atomic E-state index is 12.6. The highest BCUT2D eigenvalue weighted by Crippen LogP contribution is 2.27. The Morgan fingerprint density at radius 2 is 2.10 bits per heavy atom. The normalized spacial score (nSPS) is 12.0. The van der Waals surface area contributed by atoms with Crippen LogP contribution in [0, 0.1) is 6.92 Å². The van der Waals surface area contributed by atoms with Crippen molar-refractivity contribution >= 4 is 17.3 Å². The summed E-state index contributed by atoms with van der Waals surface area (Å²) < 4.78 is 38.9. The Kier molecular flexibility index (Phi) is 2.59. The zero-order valence-electron chi connectivity index (χ0n) is 10.1. The van der Waals surface area contributed by atoms with Crippen molar-refractivity contribution in [2.75, 3.05) is 5.32 Å². The lowest BCUT2D eigenvalue weighted by atomic mass is 10.4. The number of fused-ring (bicyclic) bond motifs is 1. The topological polar surface area (TPSA) is 83.8 Å². The molecule has 0 aliphatic rings. The summed E-state index contributed by atoms with van der Waals surface area (Å²) >= 11 is 0. The molecule has 3 heterocycles. The van der Waals surface area contributed by atoms with E-state index in [1.54, 1.807) is 19.2 Å². The molecular weight excluding hydrogens is 275 g/mol. The number of nitrogens with zero attached hydrogens (tertiary/aromatic N) is 5. The smallest absolute Gasteiger partial charge is 0.337 e. The number of aromatic nitrogens is 6. The van der Waals surface area contributed by atoms with Crippen LogP contribution in [0.4, 0.5) is 24.7 Å². The molecule has 2 N–H and O–H groups in total. The number of halogens is 3. The van der Waals surface area contributed by atoms with E-state index in [4.69, 9.17) is 0 Å². The van der Waals surface area contributed by atoms with Gasteiger partial charge in [0, 0.05) is 18.0 Å². The molecule has 0 saturated heterocycles. The summed E-state index contributed by atoms with van der Waals surface area (Å²) in [6.07, 6.45) is -1.57. The van der Waals surface area contributed by atoms with Crippen molar-refractivity contribution in [2.24, 2.45) is 0 Å². The molecule has 0 spiro atoms. The average Bonchev–Trinajstić information content (AvgIpc) is 2.95. The van der Waals surface area contributed by atoms with E-state index in [2.05, 4.69) is 30.6 Å².